The number of allylic oxidation sites excluding steroid dienone is 2. The average molecular weight is 446 g/mol. The molecule has 7 heteroatoms. The third kappa shape index (κ3) is 4.17. The van der Waals surface area contributed by atoms with E-state index >= 15 is 0 Å². The fourth-order valence-electron chi connectivity index (χ4n) is 4.44. The predicted octanol–water partition coefficient (Wildman–Crippen LogP) is 4.14. The van der Waals surface area contributed by atoms with Gasteiger partial charge in [-0.3, -0.25) is 4.79 Å². The summed E-state index contributed by atoms with van der Waals surface area (Å²) in [5.74, 6) is 0.0612. The Labute approximate surface area is 181 Å². The minimum atomic E-state index is -3.61. The van der Waals surface area contributed by atoms with Crippen molar-refractivity contribution in [2.24, 2.45) is 5.92 Å². The molecule has 158 valence electrons. The maximum Gasteiger partial charge on any atom is 0.240 e. The molecule has 0 amide bonds. The van der Waals surface area contributed by atoms with E-state index in [1.165, 1.54) is 17.7 Å². The minimum Gasteiger partial charge on any atom is -0.512 e. The van der Waals surface area contributed by atoms with E-state index in [0.29, 0.717) is 36.3 Å². The van der Waals surface area contributed by atoms with Crippen molar-refractivity contribution in [1.82, 2.24) is 4.72 Å². The van der Waals surface area contributed by atoms with Crippen molar-refractivity contribution in [2.45, 2.75) is 50.0 Å². The molecule has 2 aromatic rings. The van der Waals surface area contributed by atoms with Gasteiger partial charge >= 0.3 is 0 Å². The molecule has 0 radical (unpaired) electrons. The Morgan fingerprint density at radius 1 is 1.13 bits per heavy atom. The number of carbonyl (C=O) groups is 1. The Morgan fingerprint density at radius 2 is 1.87 bits per heavy atom. The first-order chi connectivity index (χ1) is 14.2. The van der Waals surface area contributed by atoms with Crippen molar-refractivity contribution in [3.05, 3.63) is 75.5 Å². The largest absolute Gasteiger partial charge is 0.512 e. The molecule has 2 aliphatic rings. The number of carbonyl (C=O) groups excluding carboxylic acids is 1. The first-order valence-corrected chi connectivity index (χ1v) is 11.9. The van der Waals surface area contributed by atoms with Crippen LogP contribution >= 0.6 is 11.6 Å². The number of sulfonamides is 1. The van der Waals surface area contributed by atoms with Crippen LogP contribution in [0.4, 0.5) is 0 Å². The van der Waals surface area contributed by atoms with E-state index < -0.39 is 10.0 Å². The van der Waals surface area contributed by atoms with E-state index in [4.69, 9.17) is 11.6 Å². The van der Waals surface area contributed by atoms with E-state index in [1.54, 1.807) is 19.1 Å². The average Bonchev–Trinajstić information content (AvgIpc) is 2.95. The lowest BCUT2D eigenvalue weighted by Crippen LogP contribution is -2.39. The van der Waals surface area contributed by atoms with Crippen LogP contribution in [0.2, 0.25) is 5.02 Å². The zero-order valence-electron chi connectivity index (χ0n) is 16.7. The molecular weight excluding hydrogens is 422 g/mol. The maximum atomic E-state index is 12.7. The summed E-state index contributed by atoms with van der Waals surface area (Å²) in [5.41, 5.74) is 3.93. The van der Waals surface area contributed by atoms with Gasteiger partial charge in [-0.05, 0) is 73.6 Å². The first kappa shape index (κ1) is 21.1. The van der Waals surface area contributed by atoms with Gasteiger partial charge in [0.15, 0.2) is 5.78 Å². The molecule has 5 nitrogen and oxygen atoms in total. The number of halogens is 1. The molecule has 2 N–H and O–H groups in total. The third-order valence-corrected chi connectivity index (χ3v) is 7.90. The van der Waals surface area contributed by atoms with Crippen molar-refractivity contribution in [3.63, 3.8) is 0 Å². The summed E-state index contributed by atoms with van der Waals surface area (Å²) in [6, 6.07) is 12.0. The van der Waals surface area contributed by atoms with E-state index in [0.717, 1.165) is 17.5 Å². The van der Waals surface area contributed by atoms with E-state index in [1.807, 2.05) is 18.2 Å². The summed E-state index contributed by atoms with van der Waals surface area (Å²) in [5, 5.41) is 10.8. The zero-order chi connectivity index (χ0) is 21.5. The highest BCUT2D eigenvalue weighted by Crippen LogP contribution is 2.33. The molecule has 0 heterocycles. The Hall–Kier alpha value is -2.15. The van der Waals surface area contributed by atoms with Crippen LogP contribution in [0.3, 0.4) is 0 Å². The molecule has 4 rings (SSSR count). The molecule has 30 heavy (non-hydrogen) atoms. The normalized spacial score (nSPS) is 21.7. The van der Waals surface area contributed by atoms with Crippen LogP contribution < -0.4 is 4.72 Å². The van der Waals surface area contributed by atoms with Gasteiger partial charge < -0.3 is 5.11 Å². The molecule has 2 aromatic carbocycles. The van der Waals surface area contributed by atoms with Crippen LogP contribution in [0.15, 0.2) is 58.7 Å². The lowest BCUT2D eigenvalue weighted by molar-refractivity contribution is -0.115. The molecule has 0 aliphatic heterocycles. The second kappa shape index (κ2) is 8.17. The molecule has 0 saturated heterocycles. The van der Waals surface area contributed by atoms with Crippen molar-refractivity contribution < 1.29 is 18.3 Å². The summed E-state index contributed by atoms with van der Waals surface area (Å²) in [4.78, 5) is 12.1. The standard InChI is InChI=1S/C23H24ClNO4S/c1-14-22(26)13-17(23(14)27)11-15-3-2-4-16-12-19(7-10-21(15)16)25-30(28,29)20-8-5-18(24)6-9-20/h2-6,8-9,17,19,25,27H,7,10-13H2,1H3. The van der Waals surface area contributed by atoms with Gasteiger partial charge in [0, 0.05) is 29.0 Å². The summed E-state index contributed by atoms with van der Waals surface area (Å²) in [7, 11) is -3.61. The fraction of sp³-hybridized carbons (Fsp3) is 0.348. The van der Waals surface area contributed by atoms with Crippen molar-refractivity contribution >= 4 is 27.4 Å². The zero-order valence-corrected chi connectivity index (χ0v) is 18.3. The summed E-state index contributed by atoms with van der Waals surface area (Å²) in [6.07, 6.45) is 3.04. The molecular formula is C23H24ClNO4S. The predicted molar refractivity (Wildman–Crippen MR) is 116 cm³/mol. The Balaban J connectivity index is 1.49. The highest BCUT2D eigenvalue weighted by atomic mass is 35.5. The molecule has 2 aliphatic carbocycles. The maximum absolute atomic E-state index is 12.7. The van der Waals surface area contributed by atoms with Gasteiger partial charge in [0.1, 0.15) is 5.76 Å². The molecule has 2 unspecified atom stereocenters. The van der Waals surface area contributed by atoms with Gasteiger partial charge in [-0.2, -0.15) is 0 Å². The number of rotatable bonds is 5. The van der Waals surface area contributed by atoms with Crippen LogP contribution in [0, 0.1) is 5.92 Å². The Morgan fingerprint density at radius 3 is 2.53 bits per heavy atom. The van der Waals surface area contributed by atoms with Crippen molar-refractivity contribution in [2.75, 3.05) is 0 Å². The third-order valence-electron chi connectivity index (χ3n) is 6.11. The number of aliphatic hydroxyl groups excluding tert-OH is 1. The topological polar surface area (TPSA) is 83.5 Å². The SMILES string of the molecule is CC1=C(O)C(Cc2cccc3c2CCC(NS(=O)(=O)c2ccc(Cl)cc2)C3)CC1=O. The lowest BCUT2D eigenvalue weighted by atomic mass is 9.83. The van der Waals surface area contributed by atoms with E-state index in [-0.39, 0.29) is 28.4 Å². The van der Waals surface area contributed by atoms with Crippen LogP contribution in [-0.2, 0) is 34.1 Å². The number of benzene rings is 2. The lowest BCUT2D eigenvalue weighted by Gasteiger charge is -2.27. The number of Topliss-reactive ketones (excluding diaryl/α,β-unsaturated/α-hetero) is 1. The molecule has 0 bridgehead atoms. The molecule has 0 saturated carbocycles. The molecule has 2 atom stereocenters. The number of aliphatic hydroxyl groups is 1. The van der Waals surface area contributed by atoms with Gasteiger partial charge in [-0.15, -0.1) is 0 Å². The second-order valence-corrected chi connectivity index (χ2v) is 10.3. The number of nitrogens with one attached hydrogen (secondary N) is 1. The van der Waals surface area contributed by atoms with Crippen LogP contribution in [-0.4, -0.2) is 25.3 Å². The number of ketones is 1. The van der Waals surface area contributed by atoms with E-state index in [9.17, 15) is 18.3 Å². The number of hydrogen-bond donors (Lipinski definition) is 2. The highest BCUT2D eigenvalue weighted by Gasteiger charge is 2.31. The number of hydrogen-bond acceptors (Lipinski definition) is 4. The fourth-order valence-corrected chi connectivity index (χ4v) is 5.83. The summed E-state index contributed by atoms with van der Waals surface area (Å²) >= 11 is 5.86. The summed E-state index contributed by atoms with van der Waals surface area (Å²) < 4.78 is 28.2. The van der Waals surface area contributed by atoms with Gasteiger partial charge in [0.25, 0.3) is 0 Å². The second-order valence-electron chi connectivity index (χ2n) is 8.11. The highest BCUT2D eigenvalue weighted by molar-refractivity contribution is 7.89. The van der Waals surface area contributed by atoms with E-state index in [2.05, 4.69) is 4.72 Å². The van der Waals surface area contributed by atoms with Crippen LogP contribution in [0.25, 0.3) is 0 Å². The first-order valence-electron chi connectivity index (χ1n) is 10.0. The monoisotopic (exact) mass is 445 g/mol. The molecule has 0 spiro atoms. The van der Waals surface area contributed by atoms with Crippen molar-refractivity contribution in [1.29, 1.82) is 0 Å². The summed E-state index contributed by atoms with van der Waals surface area (Å²) in [6.45, 7) is 1.68. The smallest absolute Gasteiger partial charge is 0.240 e. The van der Waals surface area contributed by atoms with Gasteiger partial charge in [-0.25, -0.2) is 13.1 Å². The van der Waals surface area contributed by atoms with Crippen LogP contribution in [0.1, 0.15) is 36.5 Å². The van der Waals surface area contributed by atoms with Gasteiger partial charge in [0.05, 0.1) is 4.90 Å². The van der Waals surface area contributed by atoms with Crippen LogP contribution in [0.5, 0.6) is 0 Å². The Bertz CT molecular complexity index is 1120. The minimum absolute atomic E-state index is 0.0129. The number of fused-ring (bicyclic) bond motifs is 1. The molecule has 0 fully saturated rings. The van der Waals surface area contributed by atoms with Crippen molar-refractivity contribution in [3.8, 4) is 0 Å². The van der Waals surface area contributed by atoms with Gasteiger partial charge in [-0.1, -0.05) is 29.8 Å². The van der Waals surface area contributed by atoms with Gasteiger partial charge in [0.2, 0.25) is 10.0 Å². The quantitative estimate of drug-likeness (QED) is 0.724. The Kier molecular flexibility index (Phi) is 5.75. The molecule has 0 aromatic heterocycles.